The molecule has 29 heavy (non-hydrogen) atoms. The maximum atomic E-state index is 12.9. The molecule has 0 bridgehead atoms. The number of para-hydroxylation sites is 1. The fourth-order valence-electron chi connectivity index (χ4n) is 3.36. The molecule has 0 aliphatic rings. The van der Waals surface area contributed by atoms with E-state index in [9.17, 15) is 14.7 Å². The molecule has 0 saturated carbocycles. The first-order valence-corrected chi connectivity index (χ1v) is 9.23. The van der Waals surface area contributed by atoms with E-state index in [0.29, 0.717) is 34.6 Å². The van der Waals surface area contributed by atoms with Crippen molar-refractivity contribution in [3.05, 3.63) is 99.2 Å². The first-order chi connectivity index (χ1) is 13.9. The first-order valence-electron chi connectivity index (χ1n) is 9.23. The lowest BCUT2D eigenvalue weighted by molar-refractivity contribution is 0.0696. The molecule has 0 spiro atoms. The number of rotatable bonds is 5. The van der Waals surface area contributed by atoms with Crippen molar-refractivity contribution in [3.63, 3.8) is 0 Å². The van der Waals surface area contributed by atoms with E-state index in [-0.39, 0.29) is 11.1 Å². The number of furan rings is 1. The smallest absolute Gasteiger partial charge is 0.335 e. The summed E-state index contributed by atoms with van der Waals surface area (Å²) in [5, 5.41) is 12.4. The van der Waals surface area contributed by atoms with E-state index in [1.54, 1.807) is 25.1 Å². The van der Waals surface area contributed by atoms with Crippen molar-refractivity contribution in [1.82, 2.24) is 9.78 Å². The summed E-state index contributed by atoms with van der Waals surface area (Å²) in [4.78, 5) is 24.2. The molecule has 0 aliphatic heterocycles. The highest BCUT2D eigenvalue weighted by Gasteiger charge is 2.16. The van der Waals surface area contributed by atoms with E-state index in [0.717, 1.165) is 11.4 Å². The summed E-state index contributed by atoms with van der Waals surface area (Å²) in [7, 11) is 0. The zero-order chi connectivity index (χ0) is 20.5. The lowest BCUT2D eigenvalue weighted by Crippen LogP contribution is -2.17. The van der Waals surface area contributed by atoms with Crippen molar-refractivity contribution in [3.8, 4) is 17.0 Å². The van der Waals surface area contributed by atoms with Crippen LogP contribution in [0.25, 0.3) is 17.0 Å². The number of hydrogen-bond acceptors (Lipinski definition) is 3. The van der Waals surface area contributed by atoms with Crippen LogP contribution in [0, 0.1) is 13.8 Å². The lowest BCUT2D eigenvalue weighted by Gasteiger charge is -2.03. The Morgan fingerprint density at radius 1 is 1.07 bits per heavy atom. The number of aromatic carboxylic acids is 1. The fraction of sp³-hybridized carbons (Fsp3) is 0.130. The zero-order valence-corrected chi connectivity index (χ0v) is 16.1. The minimum absolute atomic E-state index is 0.116. The monoisotopic (exact) mass is 388 g/mol. The number of carboxylic acids is 1. The van der Waals surface area contributed by atoms with E-state index in [1.807, 2.05) is 49.4 Å². The number of nitrogens with one attached hydrogen (secondary N) is 1. The van der Waals surface area contributed by atoms with Crippen molar-refractivity contribution in [2.24, 2.45) is 0 Å². The van der Waals surface area contributed by atoms with Gasteiger partial charge in [-0.25, -0.2) is 9.48 Å². The molecular weight excluding hydrogens is 368 g/mol. The average molecular weight is 388 g/mol. The van der Waals surface area contributed by atoms with Crippen LogP contribution in [-0.4, -0.2) is 20.9 Å². The molecule has 6 nitrogen and oxygen atoms in total. The molecule has 0 unspecified atom stereocenters. The minimum atomic E-state index is -0.972. The molecule has 0 amide bonds. The molecule has 4 rings (SSSR count). The van der Waals surface area contributed by atoms with E-state index in [2.05, 4.69) is 5.10 Å². The molecule has 146 valence electrons. The van der Waals surface area contributed by atoms with E-state index >= 15 is 0 Å². The molecule has 2 N–H and O–H groups in total. The third kappa shape index (κ3) is 3.52. The van der Waals surface area contributed by atoms with Gasteiger partial charge in [-0.15, -0.1) is 0 Å². The highest BCUT2D eigenvalue weighted by Crippen LogP contribution is 2.26. The third-order valence-corrected chi connectivity index (χ3v) is 4.97. The Hall–Kier alpha value is -3.80. The normalized spacial score (nSPS) is 11.0. The van der Waals surface area contributed by atoms with Crippen LogP contribution in [0.4, 0.5) is 0 Å². The Morgan fingerprint density at radius 2 is 1.83 bits per heavy atom. The van der Waals surface area contributed by atoms with Crippen LogP contribution in [-0.2, 0) is 6.42 Å². The van der Waals surface area contributed by atoms with Crippen LogP contribution >= 0.6 is 0 Å². The van der Waals surface area contributed by atoms with Gasteiger partial charge in [0.1, 0.15) is 11.5 Å². The van der Waals surface area contributed by atoms with Gasteiger partial charge in [-0.2, -0.15) is 0 Å². The molecule has 0 radical (unpaired) electrons. The SMILES string of the molecule is Cc1ccc(-c2ccc(Cc3c(C)[nH]n(-c4ccccc4)c3=O)o2)cc1C(=O)O. The van der Waals surface area contributed by atoms with Gasteiger partial charge in [0.05, 0.1) is 11.3 Å². The van der Waals surface area contributed by atoms with E-state index in [4.69, 9.17) is 4.42 Å². The van der Waals surface area contributed by atoms with Gasteiger partial charge in [0, 0.05) is 23.2 Å². The number of nitrogens with zero attached hydrogens (tertiary/aromatic N) is 1. The molecule has 2 aromatic carbocycles. The maximum Gasteiger partial charge on any atom is 0.335 e. The second-order valence-corrected chi connectivity index (χ2v) is 6.97. The molecule has 0 fully saturated rings. The summed E-state index contributed by atoms with van der Waals surface area (Å²) >= 11 is 0. The molecule has 0 saturated heterocycles. The topological polar surface area (TPSA) is 88.2 Å². The number of benzene rings is 2. The summed E-state index contributed by atoms with van der Waals surface area (Å²) in [6, 6.07) is 18.2. The molecule has 2 heterocycles. The highest BCUT2D eigenvalue weighted by molar-refractivity contribution is 5.90. The van der Waals surface area contributed by atoms with Crippen LogP contribution in [0.2, 0.25) is 0 Å². The molecular formula is C23H20N2O4. The number of H-pyrrole nitrogens is 1. The van der Waals surface area contributed by atoms with E-state index in [1.165, 1.54) is 4.68 Å². The number of hydrogen-bond donors (Lipinski definition) is 2. The zero-order valence-electron chi connectivity index (χ0n) is 16.1. The summed E-state index contributed by atoms with van der Waals surface area (Å²) in [5.41, 5.74) is 3.69. The Balaban J connectivity index is 1.64. The number of aromatic nitrogens is 2. The van der Waals surface area contributed by atoms with Crippen LogP contribution in [0.1, 0.15) is 32.9 Å². The van der Waals surface area contributed by atoms with Gasteiger partial charge in [0.2, 0.25) is 0 Å². The van der Waals surface area contributed by atoms with Crippen molar-refractivity contribution < 1.29 is 14.3 Å². The van der Waals surface area contributed by atoms with Gasteiger partial charge in [0.25, 0.3) is 5.56 Å². The third-order valence-electron chi connectivity index (χ3n) is 4.97. The van der Waals surface area contributed by atoms with Gasteiger partial charge >= 0.3 is 5.97 Å². The fourth-order valence-corrected chi connectivity index (χ4v) is 3.36. The minimum Gasteiger partial charge on any atom is -0.478 e. The quantitative estimate of drug-likeness (QED) is 0.533. The van der Waals surface area contributed by atoms with Crippen molar-refractivity contribution in [2.75, 3.05) is 0 Å². The van der Waals surface area contributed by atoms with Gasteiger partial charge in [-0.3, -0.25) is 9.89 Å². The number of aromatic amines is 1. The number of carbonyl (C=O) groups is 1. The second kappa shape index (κ2) is 7.31. The Labute approximate surface area is 167 Å². The first kappa shape index (κ1) is 18.6. The van der Waals surface area contributed by atoms with Gasteiger partial charge in [-0.05, 0) is 49.7 Å². The predicted molar refractivity (Wildman–Crippen MR) is 110 cm³/mol. The lowest BCUT2D eigenvalue weighted by atomic mass is 10.0. The van der Waals surface area contributed by atoms with Gasteiger partial charge < -0.3 is 9.52 Å². The van der Waals surface area contributed by atoms with Gasteiger partial charge in [-0.1, -0.05) is 30.3 Å². The second-order valence-electron chi connectivity index (χ2n) is 6.97. The number of aryl methyl sites for hydroxylation is 2. The predicted octanol–water partition coefficient (Wildman–Crippen LogP) is 4.33. The maximum absolute atomic E-state index is 12.9. The summed E-state index contributed by atoms with van der Waals surface area (Å²) in [6.07, 6.45) is 0.346. The average Bonchev–Trinajstić information content (AvgIpc) is 3.29. The molecule has 6 heteroatoms. The highest BCUT2D eigenvalue weighted by atomic mass is 16.4. The van der Waals surface area contributed by atoms with Crippen LogP contribution in [0.3, 0.4) is 0 Å². The van der Waals surface area contributed by atoms with Crippen LogP contribution in [0.15, 0.2) is 69.9 Å². The van der Waals surface area contributed by atoms with Crippen LogP contribution in [0.5, 0.6) is 0 Å². The Bertz CT molecular complexity index is 1250. The molecule has 4 aromatic rings. The van der Waals surface area contributed by atoms with Crippen molar-refractivity contribution in [1.29, 1.82) is 0 Å². The largest absolute Gasteiger partial charge is 0.478 e. The molecule has 0 aliphatic carbocycles. The Kier molecular flexibility index (Phi) is 4.68. The van der Waals surface area contributed by atoms with E-state index < -0.39 is 5.97 Å². The van der Waals surface area contributed by atoms with Crippen LogP contribution < -0.4 is 5.56 Å². The molecule has 2 aromatic heterocycles. The number of carboxylic acid groups (broad SMARTS) is 1. The molecule has 0 atom stereocenters. The van der Waals surface area contributed by atoms with Gasteiger partial charge in [0.15, 0.2) is 0 Å². The summed E-state index contributed by atoms with van der Waals surface area (Å²) in [5.74, 6) is 0.233. The summed E-state index contributed by atoms with van der Waals surface area (Å²) in [6.45, 7) is 3.62. The summed E-state index contributed by atoms with van der Waals surface area (Å²) < 4.78 is 7.44. The van der Waals surface area contributed by atoms with Crippen molar-refractivity contribution in [2.45, 2.75) is 20.3 Å². The van der Waals surface area contributed by atoms with Crippen molar-refractivity contribution >= 4 is 5.97 Å². The Morgan fingerprint density at radius 3 is 2.55 bits per heavy atom. The standard InChI is InChI=1S/C23H20N2O4/c1-14-8-9-16(12-19(14)23(27)28)21-11-10-18(29-21)13-20-15(2)24-25(22(20)26)17-6-4-3-5-7-17/h3-12,24H,13H2,1-2H3,(H,27,28).